The molecule has 0 radical (unpaired) electrons. The number of aromatic amines is 1. The molecule has 2 N–H and O–H groups in total. The summed E-state index contributed by atoms with van der Waals surface area (Å²) in [7, 11) is 0. The van der Waals surface area contributed by atoms with Crippen LogP contribution >= 0.6 is 11.6 Å². The first-order chi connectivity index (χ1) is 11.3. The van der Waals surface area contributed by atoms with E-state index in [4.69, 9.17) is 11.6 Å². The highest BCUT2D eigenvalue weighted by Crippen LogP contribution is 2.21. The number of fused-ring (bicyclic) bond motifs is 3. The van der Waals surface area contributed by atoms with E-state index in [2.05, 4.69) is 30.7 Å². The lowest BCUT2D eigenvalue weighted by Crippen LogP contribution is -1.98. The van der Waals surface area contributed by atoms with Crippen molar-refractivity contribution in [1.29, 1.82) is 0 Å². The van der Waals surface area contributed by atoms with Gasteiger partial charge in [0, 0.05) is 15.9 Å². The average Bonchev–Trinajstić information content (AvgIpc) is 2.94. The molecule has 4 aromatic rings. The minimum absolute atomic E-state index is 0.328. The number of para-hydroxylation sites is 1. The van der Waals surface area contributed by atoms with Crippen molar-refractivity contribution in [1.82, 2.24) is 20.2 Å². The topological polar surface area (TPSA) is 78.8 Å². The highest BCUT2D eigenvalue weighted by Gasteiger charge is 2.07. The van der Waals surface area contributed by atoms with Crippen LogP contribution in [0.2, 0.25) is 5.02 Å². The van der Waals surface area contributed by atoms with Crippen LogP contribution in [-0.4, -0.2) is 26.4 Å². The second kappa shape index (κ2) is 5.66. The number of hydrogen-bond acceptors (Lipinski definition) is 5. The van der Waals surface area contributed by atoms with E-state index in [9.17, 15) is 0 Å². The molecule has 2 aromatic heterocycles. The molecule has 112 valence electrons. The molecular formula is C16H11ClN6. The molecule has 0 saturated heterocycles. The highest BCUT2D eigenvalue weighted by atomic mass is 35.5. The van der Waals surface area contributed by atoms with Crippen molar-refractivity contribution >= 4 is 45.8 Å². The van der Waals surface area contributed by atoms with Crippen LogP contribution in [0.3, 0.4) is 0 Å². The minimum Gasteiger partial charge on any atom is -0.338 e. The zero-order chi connectivity index (χ0) is 15.6. The standard InChI is InChI=1S/C16H11ClN6/c17-11-7-5-10(6-8-11)9-18-22-16-20-15-14(21-23-16)12-3-1-2-4-13(12)19-15/h1-9H,(H2,19,20,22,23)/b18-9+. The largest absolute Gasteiger partial charge is 0.338 e. The van der Waals surface area contributed by atoms with Crippen LogP contribution < -0.4 is 5.43 Å². The predicted molar refractivity (Wildman–Crippen MR) is 91.9 cm³/mol. The molecule has 0 spiro atoms. The SMILES string of the molecule is Clc1ccc(/C=N/Nc2nnc3c(n2)[nH]c2ccccc23)cc1. The van der Waals surface area contributed by atoms with Crippen molar-refractivity contribution < 1.29 is 0 Å². The van der Waals surface area contributed by atoms with Gasteiger partial charge in [0.1, 0.15) is 5.52 Å². The molecule has 6 nitrogen and oxygen atoms in total. The summed E-state index contributed by atoms with van der Waals surface area (Å²) in [5.41, 5.74) is 6.09. The molecule has 0 aliphatic rings. The molecule has 0 saturated carbocycles. The van der Waals surface area contributed by atoms with E-state index < -0.39 is 0 Å². The van der Waals surface area contributed by atoms with E-state index in [0.29, 0.717) is 16.6 Å². The van der Waals surface area contributed by atoms with E-state index in [0.717, 1.165) is 22.0 Å². The number of hydrazone groups is 1. The van der Waals surface area contributed by atoms with Crippen molar-refractivity contribution in [2.75, 3.05) is 5.43 Å². The normalized spacial score (nSPS) is 11.5. The number of aromatic nitrogens is 4. The Labute approximate surface area is 136 Å². The van der Waals surface area contributed by atoms with Crippen LogP contribution in [0.15, 0.2) is 53.6 Å². The molecule has 7 heteroatoms. The van der Waals surface area contributed by atoms with Crippen molar-refractivity contribution in [3.05, 3.63) is 59.1 Å². The van der Waals surface area contributed by atoms with Gasteiger partial charge in [0.2, 0.25) is 0 Å². The first-order valence-corrected chi connectivity index (χ1v) is 7.33. The predicted octanol–water partition coefficient (Wildman–Crippen LogP) is 3.61. The van der Waals surface area contributed by atoms with Crippen LogP contribution in [-0.2, 0) is 0 Å². The van der Waals surface area contributed by atoms with Crippen LogP contribution in [0.1, 0.15) is 5.56 Å². The molecular weight excluding hydrogens is 312 g/mol. The first kappa shape index (κ1) is 13.7. The van der Waals surface area contributed by atoms with Crippen LogP contribution in [0, 0.1) is 0 Å². The molecule has 0 amide bonds. The van der Waals surface area contributed by atoms with E-state index in [1.54, 1.807) is 18.3 Å². The summed E-state index contributed by atoms with van der Waals surface area (Å²) in [5, 5.41) is 14.0. The number of benzene rings is 2. The Bertz CT molecular complexity index is 1010. The number of nitrogens with zero attached hydrogens (tertiary/aromatic N) is 4. The van der Waals surface area contributed by atoms with E-state index in [1.165, 1.54) is 0 Å². The van der Waals surface area contributed by atoms with Crippen molar-refractivity contribution in [2.45, 2.75) is 0 Å². The Morgan fingerprint density at radius 3 is 2.74 bits per heavy atom. The molecule has 0 fully saturated rings. The fourth-order valence-corrected chi connectivity index (χ4v) is 2.41. The molecule has 23 heavy (non-hydrogen) atoms. The van der Waals surface area contributed by atoms with E-state index in [-0.39, 0.29) is 0 Å². The lowest BCUT2D eigenvalue weighted by Gasteiger charge is -1.97. The molecule has 2 heterocycles. The van der Waals surface area contributed by atoms with Gasteiger partial charge in [-0.05, 0) is 23.8 Å². The van der Waals surface area contributed by atoms with Crippen LogP contribution in [0.5, 0.6) is 0 Å². The summed E-state index contributed by atoms with van der Waals surface area (Å²) in [4.78, 5) is 7.60. The quantitative estimate of drug-likeness (QED) is 0.446. The zero-order valence-corrected chi connectivity index (χ0v) is 12.6. The third-order valence-electron chi connectivity index (χ3n) is 3.37. The third kappa shape index (κ3) is 2.72. The van der Waals surface area contributed by atoms with Gasteiger partial charge in [-0.2, -0.15) is 10.1 Å². The van der Waals surface area contributed by atoms with Gasteiger partial charge in [-0.3, -0.25) is 0 Å². The summed E-state index contributed by atoms with van der Waals surface area (Å²) in [5.74, 6) is 0.328. The van der Waals surface area contributed by atoms with Gasteiger partial charge < -0.3 is 4.98 Å². The van der Waals surface area contributed by atoms with Gasteiger partial charge in [-0.25, -0.2) is 5.43 Å². The summed E-state index contributed by atoms with van der Waals surface area (Å²) in [6, 6.07) is 15.2. The number of rotatable bonds is 3. The second-order valence-corrected chi connectivity index (χ2v) is 5.36. The fraction of sp³-hybridized carbons (Fsp3) is 0. The number of hydrogen-bond donors (Lipinski definition) is 2. The molecule has 4 rings (SSSR count). The Balaban J connectivity index is 1.59. The molecule has 0 unspecified atom stereocenters. The Kier molecular flexibility index (Phi) is 3.36. The number of anilines is 1. The third-order valence-corrected chi connectivity index (χ3v) is 3.62. The lowest BCUT2D eigenvalue weighted by atomic mass is 10.2. The number of nitrogens with one attached hydrogen (secondary N) is 2. The van der Waals surface area contributed by atoms with Gasteiger partial charge in [0.25, 0.3) is 5.95 Å². The number of H-pyrrole nitrogens is 1. The summed E-state index contributed by atoms with van der Waals surface area (Å²) in [6.07, 6.45) is 1.66. The second-order valence-electron chi connectivity index (χ2n) is 4.92. The first-order valence-electron chi connectivity index (χ1n) is 6.95. The molecule has 2 aromatic carbocycles. The molecule has 0 aliphatic carbocycles. The highest BCUT2D eigenvalue weighted by molar-refractivity contribution is 6.30. The summed E-state index contributed by atoms with van der Waals surface area (Å²) in [6.45, 7) is 0. The van der Waals surface area contributed by atoms with Crippen LogP contribution in [0.4, 0.5) is 5.95 Å². The Morgan fingerprint density at radius 1 is 1.04 bits per heavy atom. The smallest absolute Gasteiger partial charge is 0.265 e. The van der Waals surface area contributed by atoms with Gasteiger partial charge in [0.05, 0.1) is 6.21 Å². The Hall–Kier alpha value is -2.99. The maximum atomic E-state index is 5.84. The average molecular weight is 323 g/mol. The zero-order valence-electron chi connectivity index (χ0n) is 11.9. The maximum absolute atomic E-state index is 5.84. The van der Waals surface area contributed by atoms with Crippen LogP contribution in [0.25, 0.3) is 22.1 Å². The van der Waals surface area contributed by atoms with Gasteiger partial charge in [0.15, 0.2) is 5.65 Å². The van der Waals surface area contributed by atoms with Crippen molar-refractivity contribution in [3.8, 4) is 0 Å². The van der Waals surface area contributed by atoms with Crippen molar-refractivity contribution in [3.63, 3.8) is 0 Å². The van der Waals surface area contributed by atoms with E-state index in [1.807, 2.05) is 36.4 Å². The Morgan fingerprint density at radius 2 is 1.87 bits per heavy atom. The molecule has 0 bridgehead atoms. The van der Waals surface area contributed by atoms with Crippen molar-refractivity contribution in [2.24, 2.45) is 5.10 Å². The maximum Gasteiger partial charge on any atom is 0.265 e. The lowest BCUT2D eigenvalue weighted by molar-refractivity contribution is 1.01. The summed E-state index contributed by atoms with van der Waals surface area (Å²) >= 11 is 5.84. The summed E-state index contributed by atoms with van der Waals surface area (Å²) < 4.78 is 0. The van der Waals surface area contributed by atoms with E-state index >= 15 is 0 Å². The van der Waals surface area contributed by atoms with Gasteiger partial charge in [-0.15, -0.1) is 10.2 Å². The molecule has 0 aliphatic heterocycles. The van der Waals surface area contributed by atoms with Gasteiger partial charge in [-0.1, -0.05) is 41.9 Å². The minimum atomic E-state index is 0.328. The molecule has 0 atom stereocenters. The fourth-order valence-electron chi connectivity index (χ4n) is 2.28. The number of halogens is 1. The monoisotopic (exact) mass is 322 g/mol. The van der Waals surface area contributed by atoms with Gasteiger partial charge >= 0.3 is 0 Å².